The molecule has 2 amide bonds. The summed E-state index contributed by atoms with van der Waals surface area (Å²) in [4.78, 5) is 15.9. The number of likely N-dealkylation sites (tertiary alicyclic amines) is 1. The van der Waals surface area contributed by atoms with Crippen LogP contribution < -0.4 is 10.6 Å². The van der Waals surface area contributed by atoms with Gasteiger partial charge in [0.2, 0.25) is 0 Å². The lowest BCUT2D eigenvalue weighted by Crippen LogP contribution is -2.48. The summed E-state index contributed by atoms with van der Waals surface area (Å²) >= 11 is 1.78. The lowest BCUT2D eigenvalue weighted by atomic mass is 10.1. The van der Waals surface area contributed by atoms with Crippen molar-refractivity contribution in [1.29, 1.82) is 0 Å². The van der Waals surface area contributed by atoms with Crippen LogP contribution in [-0.2, 0) is 13.1 Å². The largest absolute Gasteiger partial charge is 0.334 e. The Labute approximate surface area is 146 Å². The second kappa shape index (κ2) is 8.25. The summed E-state index contributed by atoms with van der Waals surface area (Å²) in [6.45, 7) is 5.81. The first-order chi connectivity index (χ1) is 11.7. The molecular weight excluding hydrogens is 324 g/mol. The lowest BCUT2D eigenvalue weighted by Gasteiger charge is -2.32. The number of anilines is 1. The molecule has 1 aliphatic rings. The third-order valence-corrected chi connectivity index (χ3v) is 4.89. The lowest BCUT2D eigenvalue weighted by molar-refractivity contribution is 0.184. The average Bonchev–Trinajstić information content (AvgIpc) is 3.20. The van der Waals surface area contributed by atoms with Crippen LogP contribution in [0.5, 0.6) is 0 Å². The Morgan fingerprint density at radius 2 is 2.42 bits per heavy atom. The minimum absolute atomic E-state index is 0.171. The van der Waals surface area contributed by atoms with Crippen LogP contribution in [0.4, 0.5) is 10.6 Å². The van der Waals surface area contributed by atoms with Crippen molar-refractivity contribution < 1.29 is 4.79 Å². The normalized spacial score (nSPS) is 18.5. The van der Waals surface area contributed by atoms with E-state index in [1.54, 1.807) is 22.2 Å². The number of piperidine rings is 1. The molecule has 1 fully saturated rings. The van der Waals surface area contributed by atoms with Gasteiger partial charge in [0, 0.05) is 30.6 Å². The highest BCUT2D eigenvalue weighted by Gasteiger charge is 2.22. The zero-order valence-electron chi connectivity index (χ0n) is 13.9. The summed E-state index contributed by atoms with van der Waals surface area (Å²) in [5.41, 5.74) is 0. The van der Waals surface area contributed by atoms with Gasteiger partial charge in [-0.1, -0.05) is 18.2 Å². The number of carbonyl (C=O) groups excluding carboxylic acids is 1. The number of aryl methyl sites for hydroxylation is 1. The predicted molar refractivity (Wildman–Crippen MR) is 95.1 cm³/mol. The molecule has 3 rings (SSSR count). The van der Waals surface area contributed by atoms with Gasteiger partial charge in [-0.3, -0.25) is 14.9 Å². The Kier molecular flexibility index (Phi) is 5.81. The summed E-state index contributed by atoms with van der Waals surface area (Å²) < 4.78 is 1.74. The third kappa shape index (κ3) is 4.78. The molecule has 0 saturated carbocycles. The van der Waals surface area contributed by atoms with E-state index in [1.807, 2.05) is 0 Å². The van der Waals surface area contributed by atoms with Gasteiger partial charge in [-0.25, -0.2) is 4.79 Å². The molecule has 8 heteroatoms. The Hall–Kier alpha value is -1.93. The van der Waals surface area contributed by atoms with Crippen molar-refractivity contribution >= 4 is 23.2 Å². The second-order valence-electron chi connectivity index (χ2n) is 6.12. The standard InChI is InChI=1S/C16H24N6OS/c1-2-7-22-12-15(19-20-22)18-16(23)17-13-5-3-8-21(10-13)11-14-6-4-9-24-14/h4,6,9,12-13H,2-3,5,7-8,10-11H2,1H3,(H2,17,18,23). The summed E-state index contributed by atoms with van der Waals surface area (Å²) in [6, 6.07) is 4.21. The number of rotatable bonds is 6. The van der Waals surface area contributed by atoms with Gasteiger partial charge in [0.05, 0.1) is 6.20 Å². The molecular formula is C16H24N6OS. The number of urea groups is 1. The number of nitrogens with zero attached hydrogens (tertiary/aromatic N) is 4. The molecule has 1 atom stereocenters. The molecule has 1 saturated heterocycles. The zero-order chi connectivity index (χ0) is 16.8. The van der Waals surface area contributed by atoms with Gasteiger partial charge >= 0.3 is 6.03 Å². The number of amides is 2. The van der Waals surface area contributed by atoms with Crippen molar-refractivity contribution in [1.82, 2.24) is 25.2 Å². The molecule has 7 nitrogen and oxygen atoms in total. The Balaban J connectivity index is 1.46. The van der Waals surface area contributed by atoms with Crippen LogP contribution in [0.15, 0.2) is 23.7 Å². The van der Waals surface area contributed by atoms with E-state index in [9.17, 15) is 4.79 Å². The zero-order valence-corrected chi connectivity index (χ0v) is 14.8. The highest BCUT2D eigenvalue weighted by atomic mass is 32.1. The van der Waals surface area contributed by atoms with Crippen LogP contribution in [0.2, 0.25) is 0 Å². The Morgan fingerprint density at radius 1 is 1.50 bits per heavy atom. The van der Waals surface area contributed by atoms with E-state index in [-0.39, 0.29) is 12.1 Å². The number of aromatic nitrogens is 3. The first-order valence-electron chi connectivity index (χ1n) is 8.45. The Bertz CT molecular complexity index is 641. The van der Waals surface area contributed by atoms with E-state index in [2.05, 4.69) is 50.3 Å². The number of carbonyl (C=O) groups is 1. The van der Waals surface area contributed by atoms with Crippen molar-refractivity contribution in [3.8, 4) is 0 Å². The van der Waals surface area contributed by atoms with Crippen molar-refractivity contribution in [3.05, 3.63) is 28.6 Å². The second-order valence-corrected chi connectivity index (χ2v) is 7.15. The van der Waals surface area contributed by atoms with E-state index >= 15 is 0 Å². The molecule has 0 bridgehead atoms. The van der Waals surface area contributed by atoms with Crippen LogP contribution in [0.3, 0.4) is 0 Å². The van der Waals surface area contributed by atoms with Crippen molar-refractivity contribution in [2.75, 3.05) is 18.4 Å². The van der Waals surface area contributed by atoms with Crippen LogP contribution in [0.25, 0.3) is 0 Å². The highest BCUT2D eigenvalue weighted by Crippen LogP contribution is 2.17. The number of hydrogen-bond acceptors (Lipinski definition) is 5. The fourth-order valence-electron chi connectivity index (χ4n) is 2.97. The van der Waals surface area contributed by atoms with Gasteiger partial charge < -0.3 is 5.32 Å². The number of hydrogen-bond donors (Lipinski definition) is 2. The maximum atomic E-state index is 12.2. The SMILES string of the molecule is CCCn1cc(NC(=O)NC2CCCN(Cc3cccs3)C2)nn1. The van der Waals surface area contributed by atoms with Gasteiger partial charge in [0.25, 0.3) is 0 Å². The van der Waals surface area contributed by atoms with E-state index in [0.29, 0.717) is 5.82 Å². The minimum atomic E-state index is -0.207. The third-order valence-electron chi connectivity index (χ3n) is 4.03. The fourth-order valence-corrected chi connectivity index (χ4v) is 3.72. The van der Waals surface area contributed by atoms with Crippen LogP contribution in [0.1, 0.15) is 31.1 Å². The van der Waals surface area contributed by atoms with Crippen LogP contribution in [-0.4, -0.2) is 45.1 Å². The maximum absolute atomic E-state index is 12.2. The molecule has 3 heterocycles. The smallest absolute Gasteiger partial charge is 0.320 e. The molecule has 0 spiro atoms. The quantitative estimate of drug-likeness (QED) is 0.841. The Morgan fingerprint density at radius 3 is 3.21 bits per heavy atom. The molecule has 0 radical (unpaired) electrons. The summed E-state index contributed by atoms with van der Waals surface area (Å²) in [6.07, 6.45) is 4.85. The number of thiophene rings is 1. The van der Waals surface area contributed by atoms with Gasteiger partial charge in [-0.05, 0) is 37.3 Å². The van der Waals surface area contributed by atoms with Crippen LogP contribution in [0, 0.1) is 0 Å². The van der Waals surface area contributed by atoms with Gasteiger partial charge in [-0.2, -0.15) is 0 Å². The van der Waals surface area contributed by atoms with Gasteiger partial charge in [-0.15, -0.1) is 16.4 Å². The summed E-state index contributed by atoms with van der Waals surface area (Å²) in [5.74, 6) is 0.493. The van der Waals surface area contributed by atoms with Crippen LogP contribution >= 0.6 is 11.3 Å². The monoisotopic (exact) mass is 348 g/mol. The first-order valence-corrected chi connectivity index (χ1v) is 9.33. The van der Waals surface area contributed by atoms with E-state index < -0.39 is 0 Å². The summed E-state index contributed by atoms with van der Waals surface area (Å²) in [7, 11) is 0. The molecule has 1 aliphatic heterocycles. The predicted octanol–water partition coefficient (Wildman–Crippen LogP) is 2.54. The first kappa shape index (κ1) is 16.9. The van der Waals surface area contributed by atoms with E-state index in [4.69, 9.17) is 0 Å². The van der Waals surface area contributed by atoms with E-state index in [0.717, 1.165) is 45.4 Å². The molecule has 1 unspecified atom stereocenters. The average molecular weight is 348 g/mol. The fraction of sp³-hybridized carbons (Fsp3) is 0.562. The highest BCUT2D eigenvalue weighted by molar-refractivity contribution is 7.09. The maximum Gasteiger partial charge on any atom is 0.320 e. The van der Waals surface area contributed by atoms with Crippen molar-refractivity contribution in [2.24, 2.45) is 0 Å². The molecule has 24 heavy (non-hydrogen) atoms. The molecule has 2 aromatic rings. The van der Waals surface area contributed by atoms with Gasteiger partial charge in [0.1, 0.15) is 0 Å². The minimum Gasteiger partial charge on any atom is -0.334 e. The van der Waals surface area contributed by atoms with Crippen molar-refractivity contribution in [3.63, 3.8) is 0 Å². The summed E-state index contributed by atoms with van der Waals surface area (Å²) in [5, 5.41) is 15.9. The van der Waals surface area contributed by atoms with E-state index in [1.165, 1.54) is 4.88 Å². The molecule has 2 aromatic heterocycles. The topological polar surface area (TPSA) is 75.1 Å². The molecule has 2 N–H and O–H groups in total. The van der Waals surface area contributed by atoms with Gasteiger partial charge in [0.15, 0.2) is 5.82 Å². The molecule has 0 aliphatic carbocycles. The molecule has 130 valence electrons. The molecule has 0 aromatic carbocycles. The number of nitrogens with one attached hydrogen (secondary N) is 2. The van der Waals surface area contributed by atoms with Crippen molar-refractivity contribution in [2.45, 2.75) is 45.3 Å².